The van der Waals surface area contributed by atoms with Crippen LogP contribution in [0, 0.1) is 0 Å². The molecule has 0 amide bonds. The van der Waals surface area contributed by atoms with Gasteiger partial charge in [0, 0.05) is 10.9 Å². The van der Waals surface area contributed by atoms with Gasteiger partial charge < -0.3 is 4.74 Å². The molecule has 0 radical (unpaired) electrons. The molecule has 0 spiro atoms. The zero-order chi connectivity index (χ0) is 8.85. The largest absolute Gasteiger partial charge is 0.461 e. The van der Waals surface area contributed by atoms with Crippen molar-refractivity contribution in [2.45, 2.75) is 11.8 Å². The summed E-state index contributed by atoms with van der Waals surface area (Å²) < 4.78 is 4.84. The molecule has 0 aromatic heterocycles. The summed E-state index contributed by atoms with van der Waals surface area (Å²) >= 11 is 6.54. The lowest BCUT2D eigenvalue weighted by Crippen LogP contribution is -2.14. The van der Waals surface area contributed by atoms with Crippen molar-refractivity contribution in [3.63, 3.8) is 0 Å². The first-order chi connectivity index (χ1) is 5.07. The van der Waals surface area contributed by atoms with E-state index in [0.717, 1.165) is 5.33 Å². The van der Waals surface area contributed by atoms with Gasteiger partial charge >= 0.3 is 5.97 Å². The Labute approximate surface area is 83.2 Å². The number of ether oxygens (including phenoxy) is 1. The predicted molar refractivity (Wildman–Crippen MR) is 52.3 cm³/mol. The summed E-state index contributed by atoms with van der Waals surface area (Å²) in [6.07, 6.45) is 0. The topological polar surface area (TPSA) is 26.3 Å². The van der Waals surface area contributed by atoms with Gasteiger partial charge in [-0.1, -0.05) is 38.4 Å². The van der Waals surface area contributed by atoms with Crippen molar-refractivity contribution in [3.8, 4) is 0 Å². The SMILES string of the molecule is C=C(C)C(=O)OC[C@@H](Br)CBr. The molecule has 0 unspecified atom stereocenters. The van der Waals surface area contributed by atoms with Crippen molar-refractivity contribution in [1.82, 2.24) is 0 Å². The van der Waals surface area contributed by atoms with Crippen LogP contribution in [0.5, 0.6) is 0 Å². The molecule has 4 heteroatoms. The second kappa shape index (κ2) is 5.77. The summed E-state index contributed by atoms with van der Waals surface area (Å²) in [6.45, 7) is 5.45. The van der Waals surface area contributed by atoms with E-state index in [1.54, 1.807) is 6.92 Å². The minimum absolute atomic E-state index is 0.172. The summed E-state index contributed by atoms with van der Waals surface area (Å²) in [6, 6.07) is 0. The van der Waals surface area contributed by atoms with Gasteiger partial charge in [-0.3, -0.25) is 0 Å². The lowest BCUT2D eigenvalue weighted by Gasteiger charge is -2.06. The standard InChI is InChI=1S/C7H10Br2O2/c1-5(2)7(10)11-4-6(9)3-8/h6H,1,3-4H2,2H3/t6-/m0/s1. The first-order valence-corrected chi connectivity index (χ1v) is 5.14. The summed E-state index contributed by atoms with van der Waals surface area (Å²) in [5.41, 5.74) is 0.430. The van der Waals surface area contributed by atoms with Crippen LogP contribution in [0.2, 0.25) is 0 Å². The van der Waals surface area contributed by atoms with Crippen LogP contribution in [0.25, 0.3) is 0 Å². The summed E-state index contributed by atoms with van der Waals surface area (Å²) in [7, 11) is 0. The molecule has 0 fully saturated rings. The van der Waals surface area contributed by atoms with Gasteiger partial charge in [-0.2, -0.15) is 0 Å². The van der Waals surface area contributed by atoms with Crippen molar-refractivity contribution in [3.05, 3.63) is 12.2 Å². The van der Waals surface area contributed by atoms with Crippen LogP contribution in [0.1, 0.15) is 6.92 Å². The van der Waals surface area contributed by atoms with Gasteiger partial charge in [0.2, 0.25) is 0 Å². The van der Waals surface area contributed by atoms with E-state index in [1.165, 1.54) is 0 Å². The highest BCUT2D eigenvalue weighted by Gasteiger charge is 2.06. The Bertz CT molecular complexity index is 157. The van der Waals surface area contributed by atoms with Gasteiger partial charge in [0.25, 0.3) is 0 Å². The smallest absolute Gasteiger partial charge is 0.333 e. The van der Waals surface area contributed by atoms with E-state index in [0.29, 0.717) is 12.2 Å². The maximum atomic E-state index is 10.8. The van der Waals surface area contributed by atoms with Crippen LogP contribution in [-0.4, -0.2) is 22.7 Å². The second-order valence-electron chi connectivity index (χ2n) is 2.13. The fourth-order valence-corrected chi connectivity index (χ4v) is 0.653. The van der Waals surface area contributed by atoms with Gasteiger partial charge in [0.1, 0.15) is 6.61 Å². The Morgan fingerprint density at radius 2 is 2.27 bits per heavy atom. The molecule has 0 saturated heterocycles. The number of hydrogen-bond acceptors (Lipinski definition) is 2. The van der Waals surface area contributed by atoms with Crippen LogP contribution in [-0.2, 0) is 9.53 Å². The Morgan fingerprint density at radius 3 is 2.64 bits per heavy atom. The van der Waals surface area contributed by atoms with Crippen molar-refractivity contribution in [1.29, 1.82) is 0 Å². The first kappa shape index (κ1) is 11.2. The highest BCUT2D eigenvalue weighted by molar-refractivity contribution is 9.12. The Hall–Kier alpha value is 0.170. The molecule has 0 aliphatic rings. The number of halogens is 2. The Kier molecular flexibility index (Phi) is 5.86. The summed E-state index contributed by atoms with van der Waals surface area (Å²) in [4.78, 5) is 11.0. The number of rotatable bonds is 4. The monoisotopic (exact) mass is 284 g/mol. The third-order valence-corrected chi connectivity index (χ3v) is 3.15. The van der Waals surface area contributed by atoms with E-state index >= 15 is 0 Å². The van der Waals surface area contributed by atoms with Crippen LogP contribution < -0.4 is 0 Å². The summed E-state index contributed by atoms with van der Waals surface area (Å²) in [5.74, 6) is -0.338. The molecular formula is C7H10Br2O2. The molecule has 0 bridgehead atoms. The van der Waals surface area contributed by atoms with E-state index in [9.17, 15) is 4.79 Å². The number of esters is 1. The number of hydrogen-bond donors (Lipinski definition) is 0. The molecule has 11 heavy (non-hydrogen) atoms. The third kappa shape index (κ3) is 5.44. The fourth-order valence-electron chi connectivity index (χ4n) is 0.334. The number of carbonyl (C=O) groups excluding carboxylic acids is 1. The molecule has 1 atom stereocenters. The first-order valence-electron chi connectivity index (χ1n) is 3.10. The molecule has 0 heterocycles. The van der Waals surface area contributed by atoms with E-state index in [1.807, 2.05) is 0 Å². The molecule has 2 nitrogen and oxygen atoms in total. The van der Waals surface area contributed by atoms with Crippen molar-refractivity contribution in [2.75, 3.05) is 11.9 Å². The molecular weight excluding hydrogens is 276 g/mol. The zero-order valence-corrected chi connectivity index (χ0v) is 9.44. The maximum Gasteiger partial charge on any atom is 0.333 e. The third-order valence-electron chi connectivity index (χ3n) is 0.911. The van der Waals surface area contributed by atoms with Crippen LogP contribution in [0.3, 0.4) is 0 Å². The Balaban J connectivity index is 3.54. The lowest BCUT2D eigenvalue weighted by atomic mass is 10.4. The van der Waals surface area contributed by atoms with E-state index < -0.39 is 0 Å². The predicted octanol–water partition coefficient (Wildman–Crippen LogP) is 2.26. The van der Waals surface area contributed by atoms with Gasteiger partial charge in [-0.15, -0.1) is 0 Å². The van der Waals surface area contributed by atoms with Crippen molar-refractivity contribution >= 4 is 37.8 Å². The average Bonchev–Trinajstić information content (AvgIpc) is 1.99. The average molecular weight is 286 g/mol. The highest BCUT2D eigenvalue weighted by atomic mass is 79.9. The molecule has 0 aliphatic heterocycles. The fraction of sp³-hybridized carbons (Fsp3) is 0.571. The van der Waals surface area contributed by atoms with Crippen LogP contribution in [0.15, 0.2) is 12.2 Å². The Morgan fingerprint density at radius 1 is 1.73 bits per heavy atom. The lowest BCUT2D eigenvalue weighted by molar-refractivity contribution is -0.138. The molecule has 64 valence electrons. The van der Waals surface area contributed by atoms with Crippen LogP contribution in [0.4, 0.5) is 0 Å². The number of carbonyl (C=O) groups is 1. The van der Waals surface area contributed by atoms with Crippen molar-refractivity contribution < 1.29 is 9.53 Å². The highest BCUT2D eigenvalue weighted by Crippen LogP contribution is 2.04. The zero-order valence-electron chi connectivity index (χ0n) is 6.27. The summed E-state index contributed by atoms with van der Waals surface area (Å²) in [5, 5.41) is 0.760. The van der Waals surface area contributed by atoms with Crippen LogP contribution >= 0.6 is 31.9 Å². The van der Waals surface area contributed by atoms with Gasteiger partial charge in [-0.25, -0.2) is 4.79 Å². The molecule has 0 N–H and O–H groups in total. The minimum Gasteiger partial charge on any atom is -0.461 e. The van der Waals surface area contributed by atoms with Crippen molar-refractivity contribution in [2.24, 2.45) is 0 Å². The van der Waals surface area contributed by atoms with Gasteiger partial charge in [-0.05, 0) is 6.92 Å². The normalized spacial score (nSPS) is 12.3. The van der Waals surface area contributed by atoms with Gasteiger partial charge in [0.05, 0.1) is 4.83 Å². The molecule has 0 rings (SSSR count). The molecule has 0 saturated carbocycles. The van der Waals surface area contributed by atoms with E-state index in [-0.39, 0.29) is 10.8 Å². The maximum absolute atomic E-state index is 10.8. The molecule has 0 aliphatic carbocycles. The minimum atomic E-state index is -0.338. The second-order valence-corrected chi connectivity index (χ2v) is 4.07. The molecule has 0 aromatic rings. The number of alkyl halides is 2. The van der Waals surface area contributed by atoms with E-state index in [2.05, 4.69) is 38.4 Å². The van der Waals surface area contributed by atoms with Gasteiger partial charge in [0.15, 0.2) is 0 Å². The quantitative estimate of drug-likeness (QED) is 0.450. The molecule has 0 aromatic carbocycles. The van der Waals surface area contributed by atoms with E-state index in [4.69, 9.17) is 4.74 Å².